The quantitative estimate of drug-likeness (QED) is 0.814. The van der Waals surface area contributed by atoms with E-state index in [4.69, 9.17) is 4.74 Å². The summed E-state index contributed by atoms with van der Waals surface area (Å²) in [4.78, 5) is 30.3. The highest BCUT2D eigenvalue weighted by atomic mass is 16.5. The van der Waals surface area contributed by atoms with E-state index in [1.165, 1.54) is 0 Å². The van der Waals surface area contributed by atoms with Crippen molar-refractivity contribution in [2.45, 2.75) is 25.3 Å². The van der Waals surface area contributed by atoms with E-state index in [9.17, 15) is 9.59 Å². The van der Waals surface area contributed by atoms with E-state index in [2.05, 4.69) is 4.98 Å². The molecule has 2 heterocycles. The third-order valence-electron chi connectivity index (χ3n) is 4.48. The number of aromatic nitrogens is 1. The van der Waals surface area contributed by atoms with Gasteiger partial charge < -0.3 is 9.64 Å². The topological polar surface area (TPSA) is 59.5 Å². The molecular formula is C18H18N2O3. The molecule has 2 fully saturated rings. The molecule has 2 aromatic rings. The standard InChI is InChI=1S/C18H18N2O3/c21-17-9-12(10-20(17)14-6-7-14)11-23-18(22)16-8-5-13-3-1-2-4-15(13)19-16/h1-5,8,12,14H,6-7,9-11H2/t12-/m0/s1. The average molecular weight is 310 g/mol. The molecule has 0 spiro atoms. The summed E-state index contributed by atoms with van der Waals surface area (Å²) >= 11 is 0. The van der Waals surface area contributed by atoms with Crippen molar-refractivity contribution in [1.82, 2.24) is 9.88 Å². The first kappa shape index (κ1) is 14.2. The zero-order chi connectivity index (χ0) is 15.8. The molecule has 1 aromatic carbocycles. The molecule has 1 aliphatic heterocycles. The molecule has 5 nitrogen and oxygen atoms in total. The van der Waals surface area contributed by atoms with Crippen LogP contribution in [0.4, 0.5) is 0 Å². The summed E-state index contributed by atoms with van der Waals surface area (Å²) in [7, 11) is 0. The Balaban J connectivity index is 1.38. The molecule has 0 radical (unpaired) electrons. The Kier molecular flexibility index (Phi) is 3.48. The molecule has 1 aromatic heterocycles. The highest BCUT2D eigenvalue weighted by molar-refractivity contribution is 5.91. The number of pyridine rings is 1. The number of rotatable bonds is 4. The van der Waals surface area contributed by atoms with Crippen molar-refractivity contribution in [3.05, 3.63) is 42.1 Å². The van der Waals surface area contributed by atoms with Gasteiger partial charge in [0.05, 0.1) is 12.1 Å². The van der Waals surface area contributed by atoms with Crippen molar-refractivity contribution in [2.75, 3.05) is 13.2 Å². The van der Waals surface area contributed by atoms with E-state index in [-0.39, 0.29) is 18.4 Å². The lowest BCUT2D eigenvalue weighted by atomic mass is 10.1. The SMILES string of the molecule is O=C(OC[C@H]1CC(=O)N(C2CC2)C1)c1ccc2ccccc2n1. The molecule has 5 heteroatoms. The number of hydrogen-bond acceptors (Lipinski definition) is 4. The van der Waals surface area contributed by atoms with Crippen LogP contribution in [0.15, 0.2) is 36.4 Å². The Hall–Kier alpha value is -2.43. The van der Waals surface area contributed by atoms with Crippen LogP contribution in [-0.4, -0.2) is 41.0 Å². The Bertz CT molecular complexity index is 770. The molecule has 1 aliphatic carbocycles. The van der Waals surface area contributed by atoms with Crippen LogP contribution in [0, 0.1) is 5.92 Å². The van der Waals surface area contributed by atoms with Gasteiger partial charge in [-0.1, -0.05) is 24.3 Å². The van der Waals surface area contributed by atoms with Crippen LogP contribution >= 0.6 is 0 Å². The molecule has 1 saturated carbocycles. The highest BCUT2D eigenvalue weighted by Gasteiger charge is 2.39. The smallest absolute Gasteiger partial charge is 0.356 e. The third-order valence-corrected chi connectivity index (χ3v) is 4.48. The number of para-hydroxylation sites is 1. The fourth-order valence-corrected chi connectivity index (χ4v) is 3.11. The summed E-state index contributed by atoms with van der Waals surface area (Å²) in [5, 5.41) is 0.991. The van der Waals surface area contributed by atoms with Crippen molar-refractivity contribution in [3.63, 3.8) is 0 Å². The van der Waals surface area contributed by atoms with Crippen molar-refractivity contribution >= 4 is 22.8 Å². The predicted octanol–water partition coefficient (Wildman–Crippen LogP) is 2.40. The lowest BCUT2D eigenvalue weighted by molar-refractivity contribution is -0.128. The van der Waals surface area contributed by atoms with Crippen LogP contribution in [0.2, 0.25) is 0 Å². The molecule has 4 rings (SSSR count). The number of ether oxygens (including phenoxy) is 1. The minimum absolute atomic E-state index is 0.104. The van der Waals surface area contributed by atoms with Crippen LogP contribution in [0.5, 0.6) is 0 Å². The highest BCUT2D eigenvalue weighted by Crippen LogP contribution is 2.32. The first-order valence-corrected chi connectivity index (χ1v) is 8.03. The summed E-state index contributed by atoms with van der Waals surface area (Å²) in [5.74, 6) is -0.127. The van der Waals surface area contributed by atoms with E-state index in [0.717, 1.165) is 23.7 Å². The van der Waals surface area contributed by atoms with Crippen LogP contribution < -0.4 is 0 Å². The first-order valence-electron chi connectivity index (χ1n) is 8.03. The maximum absolute atomic E-state index is 12.2. The third kappa shape index (κ3) is 2.91. The van der Waals surface area contributed by atoms with Gasteiger partial charge in [-0.2, -0.15) is 0 Å². The van der Waals surface area contributed by atoms with E-state index >= 15 is 0 Å². The fraction of sp³-hybridized carbons (Fsp3) is 0.389. The maximum atomic E-state index is 12.2. The molecule has 0 bridgehead atoms. The lowest BCUT2D eigenvalue weighted by Crippen LogP contribution is -2.28. The Labute approximate surface area is 134 Å². The van der Waals surface area contributed by atoms with Gasteiger partial charge in [-0.05, 0) is 25.0 Å². The van der Waals surface area contributed by atoms with E-state index in [0.29, 0.717) is 24.7 Å². The molecule has 2 aliphatic rings. The summed E-state index contributed by atoms with van der Waals surface area (Å²) in [6, 6.07) is 11.6. The predicted molar refractivity (Wildman–Crippen MR) is 84.9 cm³/mol. The normalized spacial score (nSPS) is 21.0. The number of hydrogen-bond donors (Lipinski definition) is 0. The second-order valence-electron chi connectivity index (χ2n) is 6.34. The molecule has 1 amide bonds. The molecule has 1 saturated heterocycles. The van der Waals surface area contributed by atoms with Crippen LogP contribution in [0.25, 0.3) is 10.9 Å². The molecular weight excluding hydrogens is 292 g/mol. The number of benzene rings is 1. The summed E-state index contributed by atoms with van der Waals surface area (Å²) in [5.41, 5.74) is 1.09. The largest absolute Gasteiger partial charge is 0.461 e. The van der Waals surface area contributed by atoms with E-state index in [1.807, 2.05) is 35.2 Å². The number of likely N-dealkylation sites (tertiary alicyclic amines) is 1. The van der Waals surface area contributed by atoms with Gasteiger partial charge in [-0.3, -0.25) is 4.79 Å². The molecule has 23 heavy (non-hydrogen) atoms. The van der Waals surface area contributed by atoms with Gasteiger partial charge in [0.1, 0.15) is 5.69 Å². The monoisotopic (exact) mass is 310 g/mol. The van der Waals surface area contributed by atoms with Crippen molar-refractivity contribution in [2.24, 2.45) is 5.92 Å². The zero-order valence-corrected chi connectivity index (χ0v) is 12.8. The van der Waals surface area contributed by atoms with Crippen LogP contribution in [0.1, 0.15) is 29.8 Å². The number of nitrogens with zero attached hydrogens (tertiary/aromatic N) is 2. The lowest BCUT2D eigenvalue weighted by Gasteiger charge is -2.15. The number of esters is 1. The maximum Gasteiger partial charge on any atom is 0.356 e. The number of carbonyl (C=O) groups excluding carboxylic acids is 2. The van der Waals surface area contributed by atoms with Gasteiger partial charge in [-0.15, -0.1) is 0 Å². The average Bonchev–Trinajstić information content (AvgIpc) is 3.35. The van der Waals surface area contributed by atoms with E-state index < -0.39 is 5.97 Å². The van der Waals surface area contributed by atoms with Crippen molar-refractivity contribution < 1.29 is 14.3 Å². The summed E-state index contributed by atoms with van der Waals surface area (Å²) < 4.78 is 5.38. The van der Waals surface area contributed by atoms with Crippen molar-refractivity contribution in [3.8, 4) is 0 Å². The minimum atomic E-state index is -0.423. The Morgan fingerprint density at radius 3 is 2.87 bits per heavy atom. The molecule has 0 unspecified atom stereocenters. The Morgan fingerprint density at radius 2 is 2.04 bits per heavy atom. The Morgan fingerprint density at radius 1 is 1.22 bits per heavy atom. The van der Waals surface area contributed by atoms with Gasteiger partial charge in [0, 0.05) is 30.3 Å². The first-order chi connectivity index (χ1) is 11.2. The number of amides is 1. The van der Waals surface area contributed by atoms with Gasteiger partial charge in [-0.25, -0.2) is 9.78 Å². The van der Waals surface area contributed by atoms with Gasteiger partial charge in [0.15, 0.2) is 0 Å². The number of carbonyl (C=O) groups is 2. The molecule has 1 atom stereocenters. The fourth-order valence-electron chi connectivity index (χ4n) is 3.11. The van der Waals surface area contributed by atoms with E-state index in [1.54, 1.807) is 6.07 Å². The molecule has 0 N–H and O–H groups in total. The van der Waals surface area contributed by atoms with Gasteiger partial charge >= 0.3 is 5.97 Å². The molecule has 118 valence electrons. The van der Waals surface area contributed by atoms with Gasteiger partial charge in [0.2, 0.25) is 5.91 Å². The summed E-state index contributed by atoms with van der Waals surface area (Å²) in [6.45, 7) is 0.990. The second kappa shape index (κ2) is 5.65. The van der Waals surface area contributed by atoms with Gasteiger partial charge in [0.25, 0.3) is 0 Å². The zero-order valence-electron chi connectivity index (χ0n) is 12.8. The second-order valence-corrected chi connectivity index (χ2v) is 6.34. The number of fused-ring (bicyclic) bond motifs is 1. The minimum Gasteiger partial charge on any atom is -0.461 e. The summed E-state index contributed by atoms with van der Waals surface area (Å²) in [6.07, 6.45) is 2.70. The van der Waals surface area contributed by atoms with Crippen LogP contribution in [-0.2, 0) is 9.53 Å². The van der Waals surface area contributed by atoms with Crippen LogP contribution in [0.3, 0.4) is 0 Å². The van der Waals surface area contributed by atoms with Crippen molar-refractivity contribution in [1.29, 1.82) is 0 Å².